The average Bonchev–Trinajstić information content (AvgIpc) is 1.73. The van der Waals surface area contributed by atoms with Gasteiger partial charge in [0.25, 0.3) is 0 Å². The van der Waals surface area contributed by atoms with Gasteiger partial charge in [-0.3, -0.25) is 0 Å². The van der Waals surface area contributed by atoms with E-state index in [4.69, 9.17) is 0 Å². The molecule has 1 heteroatoms. The van der Waals surface area contributed by atoms with Crippen LogP contribution < -0.4 is 0 Å². The van der Waals surface area contributed by atoms with Crippen molar-refractivity contribution in [2.24, 2.45) is 10.8 Å². The van der Waals surface area contributed by atoms with Crippen molar-refractivity contribution in [3.05, 3.63) is 0 Å². The summed E-state index contributed by atoms with van der Waals surface area (Å²) < 4.78 is 0. The lowest BCUT2D eigenvalue weighted by Crippen LogP contribution is -2.21. The Morgan fingerprint density at radius 1 is 1.20 bits per heavy atom. The minimum Gasteiger partial charge on any atom is -0.393 e. The van der Waals surface area contributed by atoms with Crippen molar-refractivity contribution in [3.63, 3.8) is 0 Å². The summed E-state index contributed by atoms with van der Waals surface area (Å²) in [6.45, 7) is 8.74. The summed E-state index contributed by atoms with van der Waals surface area (Å²) in [6, 6.07) is 0. The van der Waals surface area contributed by atoms with Crippen molar-refractivity contribution < 1.29 is 5.11 Å². The third kappa shape index (κ3) is 1.34. The Morgan fingerprint density at radius 3 is 1.80 bits per heavy atom. The summed E-state index contributed by atoms with van der Waals surface area (Å²) in [4.78, 5) is 0. The lowest BCUT2D eigenvalue weighted by atomic mass is 9.84. The Bertz CT molecular complexity index is 136. The van der Waals surface area contributed by atoms with Gasteiger partial charge in [-0.15, -0.1) is 0 Å². The SMILES string of the molecule is CC1(C)CC(O)C(C)(C)C1. The van der Waals surface area contributed by atoms with Crippen molar-refractivity contribution in [3.8, 4) is 0 Å². The Balaban J connectivity index is 2.71. The molecule has 0 saturated heterocycles. The van der Waals surface area contributed by atoms with Crippen LogP contribution in [-0.2, 0) is 0 Å². The summed E-state index contributed by atoms with van der Waals surface area (Å²) in [7, 11) is 0. The number of hydrogen-bond donors (Lipinski definition) is 1. The highest BCUT2D eigenvalue weighted by atomic mass is 16.3. The zero-order chi connectivity index (χ0) is 7.99. The number of rotatable bonds is 0. The molecule has 0 aromatic carbocycles. The van der Waals surface area contributed by atoms with Gasteiger partial charge < -0.3 is 5.11 Å². The maximum atomic E-state index is 9.59. The molecular weight excluding hydrogens is 124 g/mol. The van der Waals surface area contributed by atoms with Gasteiger partial charge >= 0.3 is 0 Å². The Hall–Kier alpha value is -0.0400. The molecule has 1 fully saturated rings. The van der Waals surface area contributed by atoms with E-state index in [2.05, 4.69) is 27.7 Å². The summed E-state index contributed by atoms with van der Waals surface area (Å²) in [6.07, 6.45) is 2.00. The van der Waals surface area contributed by atoms with Crippen molar-refractivity contribution in [1.29, 1.82) is 0 Å². The number of aliphatic hydroxyl groups is 1. The van der Waals surface area contributed by atoms with Crippen LogP contribution in [-0.4, -0.2) is 11.2 Å². The van der Waals surface area contributed by atoms with Crippen LogP contribution >= 0.6 is 0 Å². The second kappa shape index (κ2) is 1.97. The molecule has 1 atom stereocenters. The molecule has 0 amide bonds. The smallest absolute Gasteiger partial charge is 0.0596 e. The normalized spacial score (nSPS) is 36.3. The second-order valence-electron chi connectivity index (χ2n) is 5.05. The van der Waals surface area contributed by atoms with E-state index in [1.54, 1.807) is 0 Å². The van der Waals surface area contributed by atoms with Crippen molar-refractivity contribution in [1.82, 2.24) is 0 Å². The third-order valence-corrected chi connectivity index (χ3v) is 2.58. The molecule has 1 unspecified atom stereocenters. The Morgan fingerprint density at radius 2 is 1.70 bits per heavy atom. The first-order valence-corrected chi connectivity index (χ1v) is 4.02. The van der Waals surface area contributed by atoms with Gasteiger partial charge in [-0.1, -0.05) is 27.7 Å². The molecule has 60 valence electrons. The van der Waals surface area contributed by atoms with Crippen molar-refractivity contribution >= 4 is 0 Å². The predicted molar refractivity (Wildman–Crippen MR) is 42.8 cm³/mol. The highest BCUT2D eigenvalue weighted by Crippen LogP contribution is 2.48. The van der Waals surface area contributed by atoms with Gasteiger partial charge in [0.2, 0.25) is 0 Å². The highest BCUT2D eigenvalue weighted by molar-refractivity contribution is 4.94. The third-order valence-electron chi connectivity index (χ3n) is 2.58. The lowest BCUT2D eigenvalue weighted by molar-refractivity contribution is 0.0793. The van der Waals surface area contributed by atoms with Gasteiger partial charge in [0, 0.05) is 0 Å². The molecule has 0 aromatic heterocycles. The van der Waals surface area contributed by atoms with E-state index in [1.807, 2.05) is 0 Å². The van der Waals surface area contributed by atoms with E-state index in [0.717, 1.165) is 12.8 Å². The van der Waals surface area contributed by atoms with Crippen LogP contribution in [0.1, 0.15) is 40.5 Å². The van der Waals surface area contributed by atoms with Gasteiger partial charge in [-0.25, -0.2) is 0 Å². The van der Waals surface area contributed by atoms with E-state index in [-0.39, 0.29) is 11.5 Å². The first kappa shape index (κ1) is 8.06. The first-order chi connectivity index (χ1) is 4.33. The first-order valence-electron chi connectivity index (χ1n) is 4.02. The van der Waals surface area contributed by atoms with Crippen LogP contribution in [0.2, 0.25) is 0 Å². The molecule has 1 saturated carbocycles. The van der Waals surface area contributed by atoms with Gasteiger partial charge in [0.05, 0.1) is 6.10 Å². The Labute approximate surface area is 63.4 Å². The molecule has 0 radical (unpaired) electrons. The molecule has 0 heterocycles. The molecule has 1 aliphatic rings. The molecular formula is C9H18O. The summed E-state index contributed by atoms with van der Waals surface area (Å²) in [5.74, 6) is 0. The quantitative estimate of drug-likeness (QED) is 0.549. The molecule has 1 aliphatic carbocycles. The van der Waals surface area contributed by atoms with E-state index >= 15 is 0 Å². The van der Waals surface area contributed by atoms with Crippen LogP contribution in [0.3, 0.4) is 0 Å². The average molecular weight is 142 g/mol. The fourth-order valence-electron chi connectivity index (χ4n) is 2.22. The fourth-order valence-corrected chi connectivity index (χ4v) is 2.22. The number of aliphatic hydroxyl groups excluding tert-OH is 1. The van der Waals surface area contributed by atoms with Gasteiger partial charge in [0.15, 0.2) is 0 Å². The lowest BCUT2D eigenvalue weighted by Gasteiger charge is -2.22. The topological polar surface area (TPSA) is 20.2 Å². The molecule has 0 spiro atoms. The molecule has 1 nitrogen and oxygen atoms in total. The van der Waals surface area contributed by atoms with Gasteiger partial charge in [0.1, 0.15) is 0 Å². The van der Waals surface area contributed by atoms with Crippen LogP contribution in [0.4, 0.5) is 0 Å². The molecule has 1 rings (SSSR count). The van der Waals surface area contributed by atoms with E-state index < -0.39 is 0 Å². The molecule has 0 bridgehead atoms. The summed E-state index contributed by atoms with van der Waals surface area (Å²) in [5, 5.41) is 9.59. The highest BCUT2D eigenvalue weighted by Gasteiger charge is 2.43. The van der Waals surface area contributed by atoms with E-state index in [9.17, 15) is 5.11 Å². The van der Waals surface area contributed by atoms with Gasteiger partial charge in [-0.2, -0.15) is 0 Å². The van der Waals surface area contributed by atoms with Crippen molar-refractivity contribution in [2.45, 2.75) is 46.6 Å². The van der Waals surface area contributed by atoms with Crippen LogP contribution in [0, 0.1) is 10.8 Å². The van der Waals surface area contributed by atoms with Gasteiger partial charge in [-0.05, 0) is 23.7 Å². The maximum Gasteiger partial charge on any atom is 0.0596 e. The fraction of sp³-hybridized carbons (Fsp3) is 1.00. The standard InChI is InChI=1S/C9H18O/c1-8(2)5-7(10)9(3,4)6-8/h7,10H,5-6H2,1-4H3. The largest absolute Gasteiger partial charge is 0.393 e. The molecule has 1 N–H and O–H groups in total. The maximum absolute atomic E-state index is 9.59. The molecule has 0 aliphatic heterocycles. The number of hydrogen-bond acceptors (Lipinski definition) is 1. The zero-order valence-electron chi connectivity index (χ0n) is 7.44. The van der Waals surface area contributed by atoms with Crippen LogP contribution in [0.15, 0.2) is 0 Å². The predicted octanol–water partition coefficient (Wildman–Crippen LogP) is 2.19. The van der Waals surface area contributed by atoms with Crippen molar-refractivity contribution in [2.75, 3.05) is 0 Å². The Kier molecular flexibility index (Phi) is 1.59. The van der Waals surface area contributed by atoms with E-state index in [1.165, 1.54) is 0 Å². The zero-order valence-corrected chi connectivity index (χ0v) is 7.44. The minimum absolute atomic E-state index is 0.0949. The molecule has 0 aromatic rings. The van der Waals surface area contributed by atoms with Crippen LogP contribution in [0.5, 0.6) is 0 Å². The monoisotopic (exact) mass is 142 g/mol. The minimum atomic E-state index is -0.0949. The second-order valence-corrected chi connectivity index (χ2v) is 5.05. The molecule has 10 heavy (non-hydrogen) atoms. The van der Waals surface area contributed by atoms with E-state index in [0.29, 0.717) is 5.41 Å². The summed E-state index contributed by atoms with van der Waals surface area (Å²) >= 11 is 0. The van der Waals surface area contributed by atoms with Crippen LogP contribution in [0.25, 0.3) is 0 Å². The summed E-state index contributed by atoms with van der Waals surface area (Å²) in [5.41, 5.74) is 0.492.